The van der Waals surface area contributed by atoms with Crippen molar-refractivity contribution in [3.05, 3.63) is 68.5 Å². The quantitative estimate of drug-likeness (QED) is 0.532. The van der Waals surface area contributed by atoms with Gasteiger partial charge in [-0.05, 0) is 52.9 Å². The first kappa shape index (κ1) is 18.8. The van der Waals surface area contributed by atoms with E-state index in [0.717, 1.165) is 9.26 Å². The van der Waals surface area contributed by atoms with E-state index >= 15 is 0 Å². The van der Waals surface area contributed by atoms with Gasteiger partial charge in [-0.15, -0.1) is 0 Å². The molecule has 0 aliphatic rings. The number of anilines is 1. The van der Waals surface area contributed by atoms with Crippen molar-refractivity contribution in [2.45, 2.75) is 26.2 Å². The summed E-state index contributed by atoms with van der Waals surface area (Å²) in [6.07, 6.45) is 1.70. The maximum absolute atomic E-state index is 12.8. The van der Waals surface area contributed by atoms with Gasteiger partial charge >= 0.3 is 0 Å². The van der Waals surface area contributed by atoms with E-state index in [1.165, 1.54) is 0 Å². The topological polar surface area (TPSA) is 59.8 Å². The third-order valence-electron chi connectivity index (χ3n) is 3.76. The van der Waals surface area contributed by atoms with Crippen LogP contribution < -0.4 is 5.32 Å². The van der Waals surface area contributed by atoms with Crippen molar-refractivity contribution in [1.82, 2.24) is 14.8 Å². The van der Waals surface area contributed by atoms with E-state index < -0.39 is 0 Å². The molecule has 0 saturated carbocycles. The largest absolute Gasteiger partial charge is 0.306 e. The van der Waals surface area contributed by atoms with Crippen LogP contribution >= 0.6 is 34.2 Å². The Kier molecular flexibility index (Phi) is 5.34. The Morgan fingerprint density at radius 1 is 1.19 bits per heavy atom. The van der Waals surface area contributed by atoms with Crippen molar-refractivity contribution in [2.75, 3.05) is 5.32 Å². The molecule has 7 heteroatoms. The van der Waals surface area contributed by atoms with Crippen molar-refractivity contribution in [1.29, 1.82) is 0 Å². The van der Waals surface area contributed by atoms with E-state index in [0.29, 0.717) is 22.2 Å². The van der Waals surface area contributed by atoms with E-state index in [2.05, 4.69) is 58.8 Å². The van der Waals surface area contributed by atoms with E-state index in [9.17, 15) is 4.79 Å². The Bertz CT molecular complexity index is 948. The second kappa shape index (κ2) is 7.36. The van der Waals surface area contributed by atoms with Crippen molar-refractivity contribution in [3.63, 3.8) is 0 Å². The number of nitrogens with zero attached hydrogens (tertiary/aromatic N) is 3. The fourth-order valence-electron chi connectivity index (χ4n) is 2.35. The number of rotatable bonds is 3. The lowest BCUT2D eigenvalue weighted by Gasteiger charge is -2.13. The Morgan fingerprint density at radius 3 is 2.58 bits per heavy atom. The van der Waals surface area contributed by atoms with E-state index in [1.807, 2.05) is 24.3 Å². The average molecular weight is 481 g/mol. The maximum atomic E-state index is 12.8. The summed E-state index contributed by atoms with van der Waals surface area (Å²) >= 11 is 8.08. The number of amides is 1. The first-order chi connectivity index (χ1) is 12.3. The highest BCUT2D eigenvalue weighted by Gasteiger charge is 2.22. The van der Waals surface area contributed by atoms with Gasteiger partial charge in [-0.25, -0.2) is 4.98 Å². The number of nitrogens with one attached hydrogen (secondary N) is 1. The zero-order valence-corrected chi connectivity index (χ0v) is 17.5. The van der Waals surface area contributed by atoms with Crippen molar-refractivity contribution in [3.8, 4) is 5.82 Å². The molecule has 1 N–H and O–H groups in total. The van der Waals surface area contributed by atoms with Crippen LogP contribution in [-0.4, -0.2) is 20.7 Å². The molecule has 1 aromatic carbocycles. The lowest BCUT2D eigenvalue weighted by atomic mass is 9.92. The number of aromatic nitrogens is 3. The summed E-state index contributed by atoms with van der Waals surface area (Å²) in [5, 5.41) is 8.20. The van der Waals surface area contributed by atoms with Crippen molar-refractivity contribution >= 4 is 45.9 Å². The number of carbonyl (C=O) groups is 1. The summed E-state index contributed by atoms with van der Waals surface area (Å²) in [5.74, 6) is 0.997. The molecule has 0 saturated heterocycles. The molecule has 2 heterocycles. The summed E-state index contributed by atoms with van der Waals surface area (Å²) in [4.78, 5) is 17.1. The molecule has 0 spiro atoms. The number of hydrogen-bond donors (Lipinski definition) is 1. The molecule has 0 aliphatic carbocycles. The molecule has 0 fully saturated rings. The van der Waals surface area contributed by atoms with E-state index in [-0.39, 0.29) is 11.3 Å². The first-order valence-electron chi connectivity index (χ1n) is 8.04. The van der Waals surface area contributed by atoms with Crippen LogP contribution in [0.25, 0.3) is 5.82 Å². The molecule has 0 radical (unpaired) electrons. The second-order valence-corrected chi connectivity index (χ2v) is 8.44. The third kappa shape index (κ3) is 4.07. The van der Waals surface area contributed by atoms with Crippen LogP contribution in [0.5, 0.6) is 0 Å². The minimum atomic E-state index is -0.219. The monoisotopic (exact) mass is 480 g/mol. The Hall–Kier alpha value is -1.93. The summed E-state index contributed by atoms with van der Waals surface area (Å²) in [6.45, 7) is 6.23. The number of pyridine rings is 1. The van der Waals surface area contributed by atoms with Gasteiger partial charge in [0.1, 0.15) is 5.82 Å². The van der Waals surface area contributed by atoms with Crippen LogP contribution in [0.1, 0.15) is 36.8 Å². The number of hydrogen-bond acceptors (Lipinski definition) is 3. The lowest BCUT2D eigenvalue weighted by Crippen LogP contribution is -2.16. The zero-order valence-electron chi connectivity index (χ0n) is 14.6. The highest BCUT2D eigenvalue weighted by atomic mass is 127. The number of carbonyl (C=O) groups excluding carboxylic acids is 1. The molecule has 1 amide bonds. The molecule has 0 unspecified atom stereocenters. The fourth-order valence-corrected chi connectivity index (χ4v) is 3.46. The second-order valence-electron chi connectivity index (χ2n) is 6.84. The summed E-state index contributed by atoms with van der Waals surface area (Å²) < 4.78 is 2.44. The van der Waals surface area contributed by atoms with E-state index in [1.54, 1.807) is 29.1 Å². The number of benzene rings is 1. The molecule has 3 rings (SSSR count). The van der Waals surface area contributed by atoms with Crippen LogP contribution in [0.4, 0.5) is 5.82 Å². The fraction of sp³-hybridized carbons (Fsp3) is 0.211. The normalized spacial score (nSPS) is 11.4. The minimum absolute atomic E-state index is 0.159. The lowest BCUT2D eigenvalue weighted by molar-refractivity contribution is 0.102. The molecular formula is C19H18ClIN4O. The van der Waals surface area contributed by atoms with Gasteiger partial charge in [-0.3, -0.25) is 4.79 Å². The molecule has 0 bridgehead atoms. The molecule has 0 atom stereocenters. The molecule has 134 valence electrons. The highest BCUT2D eigenvalue weighted by molar-refractivity contribution is 14.1. The maximum Gasteiger partial charge on any atom is 0.257 e. The Morgan fingerprint density at radius 2 is 1.96 bits per heavy atom. The summed E-state index contributed by atoms with van der Waals surface area (Å²) in [5.41, 5.74) is 1.26. The Labute approximate surface area is 170 Å². The third-order valence-corrected chi connectivity index (χ3v) is 4.89. The molecule has 26 heavy (non-hydrogen) atoms. The first-order valence-corrected chi connectivity index (χ1v) is 9.50. The van der Waals surface area contributed by atoms with Gasteiger partial charge in [-0.1, -0.05) is 38.4 Å². The van der Waals surface area contributed by atoms with Gasteiger partial charge in [0.15, 0.2) is 5.82 Å². The molecule has 0 aliphatic heterocycles. The minimum Gasteiger partial charge on any atom is -0.306 e. The number of halogens is 2. The highest BCUT2D eigenvalue weighted by Crippen LogP contribution is 2.26. The predicted molar refractivity (Wildman–Crippen MR) is 112 cm³/mol. The van der Waals surface area contributed by atoms with Gasteiger partial charge < -0.3 is 5.32 Å². The van der Waals surface area contributed by atoms with Gasteiger partial charge in [0.25, 0.3) is 5.91 Å². The Balaban J connectivity index is 2.01. The molecule has 2 aromatic heterocycles. The van der Waals surface area contributed by atoms with Crippen LogP contribution in [-0.2, 0) is 5.41 Å². The summed E-state index contributed by atoms with van der Waals surface area (Å²) in [7, 11) is 0. The van der Waals surface area contributed by atoms with Crippen LogP contribution in [0.2, 0.25) is 5.02 Å². The van der Waals surface area contributed by atoms with Gasteiger partial charge in [0.2, 0.25) is 0 Å². The van der Waals surface area contributed by atoms with Gasteiger partial charge in [-0.2, -0.15) is 9.78 Å². The predicted octanol–water partition coefficient (Wildman–Crippen LogP) is 5.08. The average Bonchev–Trinajstić information content (AvgIpc) is 2.99. The standard InChI is InChI=1S/C19H18ClIN4O/c1-19(2,3)15-11-17(25(24-15)16-6-4-5-9-22-16)23-18(26)13-8-7-12(20)10-14(13)21/h4-11H,1-3H3,(H,23,26). The molecular weight excluding hydrogens is 463 g/mol. The van der Waals surface area contributed by atoms with Crippen LogP contribution in [0.3, 0.4) is 0 Å². The van der Waals surface area contributed by atoms with Crippen molar-refractivity contribution in [2.24, 2.45) is 0 Å². The van der Waals surface area contributed by atoms with Gasteiger partial charge in [0.05, 0.1) is 11.3 Å². The molecule has 5 nitrogen and oxygen atoms in total. The smallest absolute Gasteiger partial charge is 0.257 e. The summed E-state index contributed by atoms with van der Waals surface area (Å²) in [6, 6.07) is 12.6. The van der Waals surface area contributed by atoms with E-state index in [4.69, 9.17) is 11.6 Å². The zero-order chi connectivity index (χ0) is 18.9. The van der Waals surface area contributed by atoms with Crippen molar-refractivity contribution < 1.29 is 4.79 Å². The van der Waals surface area contributed by atoms with Crippen LogP contribution in [0.15, 0.2) is 48.7 Å². The molecule has 3 aromatic rings. The SMILES string of the molecule is CC(C)(C)c1cc(NC(=O)c2ccc(Cl)cc2I)n(-c2ccccn2)n1. The van der Waals surface area contributed by atoms with Gasteiger partial charge in [0, 0.05) is 26.3 Å². The van der Waals surface area contributed by atoms with Crippen LogP contribution in [0, 0.1) is 3.57 Å².